The van der Waals surface area contributed by atoms with Crippen LogP contribution < -0.4 is 0 Å². The van der Waals surface area contributed by atoms with Crippen molar-refractivity contribution < 1.29 is 0 Å². The molecule has 0 saturated carbocycles. The first-order chi connectivity index (χ1) is 2.81. The summed E-state index contributed by atoms with van der Waals surface area (Å²) in [6, 6.07) is 0. The Bertz CT molecular complexity index is 56.6. The third-order valence-electron chi connectivity index (χ3n) is 0.495. The summed E-state index contributed by atoms with van der Waals surface area (Å²) in [7, 11) is 0. The second-order valence-electron chi connectivity index (χ2n) is 0.938. The van der Waals surface area contributed by atoms with Crippen molar-refractivity contribution in [2.24, 2.45) is 0 Å². The summed E-state index contributed by atoms with van der Waals surface area (Å²) in [6.45, 7) is 1.94. The van der Waals surface area contributed by atoms with E-state index in [4.69, 9.17) is 0 Å². The van der Waals surface area contributed by atoms with Crippen molar-refractivity contribution in [2.45, 2.75) is 6.92 Å². The van der Waals surface area contributed by atoms with Gasteiger partial charge >= 0.3 is 0 Å². The van der Waals surface area contributed by atoms with Gasteiger partial charge in [-0.25, -0.2) is 0 Å². The van der Waals surface area contributed by atoms with Crippen LogP contribution in [0.25, 0.3) is 0 Å². The molecular weight excluding hydrogens is 112 g/mol. The van der Waals surface area contributed by atoms with Crippen molar-refractivity contribution in [1.82, 2.24) is 0 Å². The summed E-state index contributed by atoms with van der Waals surface area (Å²) in [5.41, 5.74) is 0. The first-order valence-corrected chi connectivity index (χ1v) is 2.84. The monoisotopic (exact) mass is 120 g/mol. The lowest BCUT2D eigenvalue weighted by Gasteiger charge is -1.83. The van der Waals surface area contributed by atoms with Crippen LogP contribution in [0.15, 0.2) is 11.0 Å². The summed E-state index contributed by atoms with van der Waals surface area (Å²) in [6.07, 6.45) is 1.93. The Kier molecular flexibility index (Phi) is 3.89. The largest absolute Gasteiger partial charge is 0.174 e. The van der Waals surface area contributed by atoms with Crippen LogP contribution >= 0.6 is 25.3 Å². The number of thiol groups is 2. The Balaban J connectivity index is 3.22. The SMILES string of the molecule is CC=C(S)CS. The van der Waals surface area contributed by atoms with Gasteiger partial charge < -0.3 is 0 Å². The number of rotatable bonds is 1. The first-order valence-electron chi connectivity index (χ1n) is 1.76. The summed E-state index contributed by atoms with van der Waals surface area (Å²) in [5.74, 6) is 0.750. The molecule has 0 radical (unpaired) electrons. The molecular formula is C4H8S2. The zero-order valence-electron chi connectivity index (χ0n) is 3.68. The lowest BCUT2D eigenvalue weighted by molar-refractivity contribution is 1.63. The van der Waals surface area contributed by atoms with Gasteiger partial charge in [-0.2, -0.15) is 12.6 Å². The summed E-state index contributed by atoms with van der Waals surface area (Å²) in [4.78, 5) is 1.03. The van der Waals surface area contributed by atoms with Crippen molar-refractivity contribution in [1.29, 1.82) is 0 Å². The smallest absolute Gasteiger partial charge is 0.0208 e. The molecule has 0 aliphatic carbocycles. The molecule has 0 rings (SSSR count). The van der Waals surface area contributed by atoms with Crippen LogP contribution in [0.3, 0.4) is 0 Å². The van der Waals surface area contributed by atoms with Gasteiger partial charge in [0.05, 0.1) is 0 Å². The van der Waals surface area contributed by atoms with Gasteiger partial charge in [-0.05, 0) is 11.8 Å². The fraction of sp³-hybridized carbons (Fsp3) is 0.500. The molecule has 36 valence electrons. The highest BCUT2D eigenvalue weighted by Crippen LogP contribution is 1.99. The third-order valence-corrected chi connectivity index (χ3v) is 1.50. The highest BCUT2D eigenvalue weighted by Gasteiger charge is 1.75. The molecule has 0 bridgehead atoms. The van der Waals surface area contributed by atoms with Crippen LogP contribution in [0.4, 0.5) is 0 Å². The summed E-state index contributed by atoms with van der Waals surface area (Å²) >= 11 is 7.97. The second-order valence-corrected chi connectivity index (χ2v) is 1.83. The van der Waals surface area contributed by atoms with Gasteiger partial charge in [0.25, 0.3) is 0 Å². The third kappa shape index (κ3) is 2.67. The quantitative estimate of drug-likeness (QED) is 0.484. The summed E-state index contributed by atoms with van der Waals surface area (Å²) in [5, 5.41) is 0. The van der Waals surface area contributed by atoms with Crippen LogP contribution in [0.2, 0.25) is 0 Å². The molecule has 0 nitrogen and oxygen atoms in total. The van der Waals surface area contributed by atoms with Crippen LogP contribution in [0, 0.1) is 0 Å². The molecule has 0 atom stereocenters. The Morgan fingerprint density at radius 2 is 2.33 bits per heavy atom. The van der Waals surface area contributed by atoms with E-state index in [1.54, 1.807) is 0 Å². The van der Waals surface area contributed by atoms with Gasteiger partial charge in [-0.3, -0.25) is 0 Å². The van der Waals surface area contributed by atoms with Crippen molar-refractivity contribution >= 4 is 25.3 Å². The predicted octanol–water partition coefficient (Wildman–Crippen LogP) is 1.75. The zero-order valence-corrected chi connectivity index (χ0v) is 5.47. The molecule has 2 heteroatoms. The highest BCUT2D eigenvalue weighted by molar-refractivity contribution is 7.87. The minimum Gasteiger partial charge on any atom is -0.174 e. The molecule has 0 aromatic rings. The molecule has 0 amide bonds. The predicted molar refractivity (Wildman–Crippen MR) is 36.6 cm³/mol. The molecule has 6 heavy (non-hydrogen) atoms. The topological polar surface area (TPSA) is 0 Å². The van der Waals surface area contributed by atoms with E-state index in [9.17, 15) is 0 Å². The van der Waals surface area contributed by atoms with Gasteiger partial charge in [0.2, 0.25) is 0 Å². The molecule has 0 N–H and O–H groups in total. The van der Waals surface area contributed by atoms with Crippen molar-refractivity contribution in [3.63, 3.8) is 0 Å². The van der Waals surface area contributed by atoms with Gasteiger partial charge in [0, 0.05) is 5.75 Å². The minimum atomic E-state index is 0.750. The van der Waals surface area contributed by atoms with E-state index in [1.807, 2.05) is 13.0 Å². The highest BCUT2D eigenvalue weighted by atomic mass is 32.1. The van der Waals surface area contributed by atoms with Crippen LogP contribution in [0.5, 0.6) is 0 Å². The van der Waals surface area contributed by atoms with Crippen molar-refractivity contribution in [3.05, 3.63) is 11.0 Å². The van der Waals surface area contributed by atoms with E-state index in [-0.39, 0.29) is 0 Å². The van der Waals surface area contributed by atoms with E-state index >= 15 is 0 Å². The molecule has 0 aliphatic heterocycles. The minimum absolute atomic E-state index is 0.750. The Labute approximate surface area is 49.5 Å². The average molecular weight is 120 g/mol. The van der Waals surface area contributed by atoms with Crippen LogP contribution in [-0.4, -0.2) is 5.75 Å². The maximum absolute atomic E-state index is 4.01. The Hall–Kier alpha value is 0.440. The van der Waals surface area contributed by atoms with Crippen LogP contribution in [-0.2, 0) is 0 Å². The molecule has 0 spiro atoms. The number of hydrogen-bond acceptors (Lipinski definition) is 2. The van der Waals surface area contributed by atoms with Gasteiger partial charge in [0.15, 0.2) is 0 Å². The van der Waals surface area contributed by atoms with E-state index in [2.05, 4.69) is 25.3 Å². The Morgan fingerprint density at radius 1 is 1.83 bits per heavy atom. The average Bonchev–Trinajstić information content (AvgIpc) is 1.65. The van der Waals surface area contributed by atoms with E-state index in [1.165, 1.54) is 0 Å². The van der Waals surface area contributed by atoms with Gasteiger partial charge in [-0.1, -0.05) is 6.08 Å². The van der Waals surface area contributed by atoms with Crippen molar-refractivity contribution in [3.8, 4) is 0 Å². The normalized spacial score (nSPS) is 12.2. The lowest BCUT2D eigenvalue weighted by atomic mass is 10.6. The first kappa shape index (κ1) is 6.44. The molecule has 0 aromatic heterocycles. The van der Waals surface area contributed by atoms with Crippen molar-refractivity contribution in [2.75, 3.05) is 5.75 Å². The number of allylic oxidation sites excluding steroid dienone is 1. The fourth-order valence-corrected chi connectivity index (χ4v) is 0.274. The standard InChI is InChI=1S/C4H8S2/c1-2-4(6)3-5/h2,5-6H,3H2,1H3. The molecule has 0 unspecified atom stereocenters. The molecule has 0 aliphatic rings. The fourth-order valence-electron chi connectivity index (χ4n) is 0.0913. The molecule has 0 heterocycles. The lowest BCUT2D eigenvalue weighted by Crippen LogP contribution is -1.66. The van der Waals surface area contributed by atoms with E-state index in [0.29, 0.717) is 0 Å². The summed E-state index contributed by atoms with van der Waals surface area (Å²) < 4.78 is 0. The van der Waals surface area contributed by atoms with Gasteiger partial charge in [0.1, 0.15) is 0 Å². The molecule has 0 aromatic carbocycles. The van der Waals surface area contributed by atoms with Crippen LogP contribution in [0.1, 0.15) is 6.92 Å². The molecule has 0 fully saturated rings. The maximum atomic E-state index is 4.01. The van der Waals surface area contributed by atoms with E-state index < -0.39 is 0 Å². The number of hydrogen-bond donors (Lipinski definition) is 2. The second kappa shape index (κ2) is 3.62. The molecule has 0 saturated heterocycles. The Morgan fingerprint density at radius 3 is 2.33 bits per heavy atom. The van der Waals surface area contributed by atoms with E-state index in [0.717, 1.165) is 10.7 Å². The maximum Gasteiger partial charge on any atom is 0.0208 e. The zero-order chi connectivity index (χ0) is 4.99. The van der Waals surface area contributed by atoms with Gasteiger partial charge in [-0.15, -0.1) is 12.6 Å².